The molecule has 0 radical (unpaired) electrons. The molecule has 0 aromatic carbocycles. The minimum atomic E-state index is -1.52. The summed E-state index contributed by atoms with van der Waals surface area (Å²) in [7, 11) is 0. The highest BCUT2D eigenvalue weighted by Gasteiger charge is 2.43. The largest absolute Gasteiger partial charge is 0.481 e. The van der Waals surface area contributed by atoms with Crippen LogP contribution in [0.1, 0.15) is 136 Å². The number of aliphatic hydroxyl groups excluding tert-OH is 1. The molecule has 6 atom stereocenters. The molecule has 4 fully saturated rings. The number of carboxylic acids is 1. The van der Waals surface area contributed by atoms with Crippen LogP contribution in [0.5, 0.6) is 0 Å². The van der Waals surface area contributed by atoms with Gasteiger partial charge in [-0.2, -0.15) is 0 Å². The highest BCUT2D eigenvalue weighted by Crippen LogP contribution is 2.31. The third-order valence-electron chi connectivity index (χ3n) is 11.7. The molecule has 15 nitrogen and oxygen atoms in total. The summed E-state index contributed by atoms with van der Waals surface area (Å²) in [4.78, 5) is 96.4. The standard InChI is InChI=1S/C39H64N6O9/c1-3-21-40-37(52)33(25(2)46)43-36(51)30-18-12-23-44(30)38(53)28(24-32(48)49)41-35(50)29-17-10-11-22-45(29)39(54)34(27-15-8-5-9-16-27)42-31(47)20-19-26-13-6-4-7-14-26/h25-30,33-34,46H,3-24H2,1-2H3,(H,40,52)(H,41,50)(H,42,47)(H,43,51)(H,48,49)/t25-,28+,29+,30+,33+,34+/m1/s1. The van der Waals surface area contributed by atoms with Crippen LogP contribution in [0, 0.1) is 11.8 Å². The lowest BCUT2D eigenvalue weighted by atomic mass is 9.82. The van der Waals surface area contributed by atoms with E-state index >= 15 is 0 Å². The van der Waals surface area contributed by atoms with Crippen LogP contribution >= 0.6 is 0 Å². The van der Waals surface area contributed by atoms with E-state index in [9.17, 15) is 43.8 Å². The zero-order valence-corrected chi connectivity index (χ0v) is 32.3. The summed E-state index contributed by atoms with van der Waals surface area (Å²) in [5, 5.41) is 30.9. The topological polar surface area (TPSA) is 215 Å². The summed E-state index contributed by atoms with van der Waals surface area (Å²) in [5.74, 6) is -3.99. The van der Waals surface area contributed by atoms with Crippen molar-refractivity contribution in [2.24, 2.45) is 11.8 Å². The van der Waals surface area contributed by atoms with Gasteiger partial charge in [-0.1, -0.05) is 58.3 Å². The molecule has 0 aromatic rings. The number of aliphatic carboxylic acids is 1. The fourth-order valence-corrected chi connectivity index (χ4v) is 8.71. The molecule has 4 aliphatic rings. The monoisotopic (exact) mass is 760 g/mol. The van der Waals surface area contributed by atoms with Gasteiger partial charge in [0.05, 0.1) is 12.5 Å². The van der Waals surface area contributed by atoms with Crippen molar-refractivity contribution in [3.63, 3.8) is 0 Å². The Hall–Kier alpha value is -3.75. The van der Waals surface area contributed by atoms with Gasteiger partial charge < -0.3 is 41.3 Å². The highest BCUT2D eigenvalue weighted by molar-refractivity contribution is 5.98. The van der Waals surface area contributed by atoms with Crippen LogP contribution in [0.15, 0.2) is 0 Å². The molecule has 2 saturated carbocycles. The summed E-state index contributed by atoms with van der Waals surface area (Å²) < 4.78 is 0. The number of likely N-dealkylation sites (tertiary alicyclic amines) is 2. The van der Waals surface area contributed by atoms with Crippen LogP contribution in [0.4, 0.5) is 0 Å². The molecule has 0 unspecified atom stereocenters. The highest BCUT2D eigenvalue weighted by atomic mass is 16.4. The lowest BCUT2D eigenvalue weighted by molar-refractivity contribution is -0.149. The van der Waals surface area contributed by atoms with Crippen molar-refractivity contribution >= 4 is 41.4 Å². The minimum Gasteiger partial charge on any atom is -0.481 e. The predicted octanol–water partition coefficient (Wildman–Crippen LogP) is 2.14. The maximum Gasteiger partial charge on any atom is 0.305 e. The molecule has 15 heteroatoms. The average Bonchev–Trinajstić information content (AvgIpc) is 3.67. The fraction of sp³-hybridized carbons (Fsp3) is 0.821. The third-order valence-corrected chi connectivity index (χ3v) is 11.7. The molecular formula is C39H64N6O9. The second-order valence-electron chi connectivity index (χ2n) is 15.9. The van der Waals surface area contributed by atoms with E-state index in [4.69, 9.17) is 0 Å². The molecule has 6 amide bonds. The summed E-state index contributed by atoms with van der Waals surface area (Å²) >= 11 is 0. The number of piperidine rings is 1. The Labute approximate surface area is 319 Å². The van der Waals surface area contributed by atoms with Crippen molar-refractivity contribution in [3.05, 3.63) is 0 Å². The van der Waals surface area contributed by atoms with E-state index in [2.05, 4.69) is 21.3 Å². The van der Waals surface area contributed by atoms with Gasteiger partial charge in [0.25, 0.3) is 0 Å². The molecule has 54 heavy (non-hydrogen) atoms. The van der Waals surface area contributed by atoms with E-state index in [1.54, 1.807) is 0 Å². The number of carboxylic acid groups (broad SMARTS) is 1. The molecule has 2 aliphatic heterocycles. The van der Waals surface area contributed by atoms with Crippen molar-refractivity contribution in [1.82, 2.24) is 31.1 Å². The molecule has 4 rings (SSSR count). The Bertz CT molecular complexity index is 1320. The predicted molar refractivity (Wildman–Crippen MR) is 199 cm³/mol. The van der Waals surface area contributed by atoms with Crippen LogP contribution in [0.2, 0.25) is 0 Å². The van der Waals surface area contributed by atoms with Crippen LogP contribution < -0.4 is 21.3 Å². The molecule has 0 bridgehead atoms. The van der Waals surface area contributed by atoms with Gasteiger partial charge in [-0.3, -0.25) is 33.6 Å². The number of aliphatic hydroxyl groups is 1. The third kappa shape index (κ3) is 12.1. The lowest BCUT2D eigenvalue weighted by Gasteiger charge is -2.40. The van der Waals surface area contributed by atoms with Gasteiger partial charge in [0.15, 0.2) is 0 Å². The second kappa shape index (κ2) is 21.4. The Morgan fingerprint density at radius 1 is 0.704 bits per heavy atom. The first kappa shape index (κ1) is 43.0. The Morgan fingerprint density at radius 2 is 1.28 bits per heavy atom. The molecule has 0 aromatic heterocycles. The van der Waals surface area contributed by atoms with E-state index in [1.807, 2.05) is 6.92 Å². The van der Waals surface area contributed by atoms with Crippen LogP contribution in [-0.2, 0) is 33.6 Å². The number of hydrogen-bond acceptors (Lipinski definition) is 8. The number of nitrogens with zero attached hydrogens (tertiary/aromatic N) is 2. The SMILES string of the molecule is CCCNC(=O)[C@@H](NC(=O)[C@@H]1CCCN1C(=O)[C@H](CC(=O)O)NC(=O)[C@@H]1CCCCN1C(=O)[C@@H](NC(=O)CCC1CCCCC1)C1CCCCC1)[C@@H](C)O. The van der Waals surface area contributed by atoms with Crippen LogP contribution in [0.25, 0.3) is 0 Å². The number of amides is 6. The van der Waals surface area contributed by atoms with Crippen molar-refractivity contribution in [2.75, 3.05) is 19.6 Å². The van der Waals surface area contributed by atoms with Gasteiger partial charge in [-0.25, -0.2) is 0 Å². The Balaban J connectivity index is 1.46. The second-order valence-corrected chi connectivity index (χ2v) is 15.9. The van der Waals surface area contributed by atoms with Gasteiger partial charge in [0.2, 0.25) is 35.4 Å². The number of rotatable bonds is 17. The number of nitrogens with one attached hydrogen (secondary N) is 4. The maximum atomic E-state index is 14.4. The summed E-state index contributed by atoms with van der Waals surface area (Å²) in [6.07, 6.45) is 12.6. The smallest absolute Gasteiger partial charge is 0.305 e. The number of carbonyl (C=O) groups is 7. The first-order valence-corrected chi connectivity index (χ1v) is 20.6. The summed E-state index contributed by atoms with van der Waals surface area (Å²) in [6, 6.07) is -5.56. The van der Waals surface area contributed by atoms with Crippen molar-refractivity contribution in [3.8, 4) is 0 Å². The quantitative estimate of drug-likeness (QED) is 0.128. The first-order chi connectivity index (χ1) is 25.9. The van der Waals surface area contributed by atoms with Crippen molar-refractivity contribution in [2.45, 2.75) is 172 Å². The zero-order valence-electron chi connectivity index (χ0n) is 32.3. The molecular weight excluding hydrogens is 696 g/mol. The molecule has 0 spiro atoms. The summed E-state index contributed by atoms with van der Waals surface area (Å²) in [5.41, 5.74) is 0. The van der Waals surface area contributed by atoms with Gasteiger partial charge >= 0.3 is 5.97 Å². The Morgan fingerprint density at radius 3 is 1.91 bits per heavy atom. The van der Waals surface area contributed by atoms with E-state index in [0.717, 1.165) is 51.4 Å². The van der Waals surface area contributed by atoms with Gasteiger partial charge in [0.1, 0.15) is 30.2 Å². The van der Waals surface area contributed by atoms with E-state index in [1.165, 1.54) is 36.0 Å². The normalized spacial score (nSPS) is 23.4. The molecule has 304 valence electrons. The van der Waals surface area contributed by atoms with Crippen LogP contribution in [-0.4, -0.2) is 117 Å². The zero-order chi connectivity index (χ0) is 39.2. The summed E-state index contributed by atoms with van der Waals surface area (Å²) in [6.45, 7) is 4.00. The molecule has 6 N–H and O–H groups in total. The van der Waals surface area contributed by atoms with Gasteiger partial charge in [-0.05, 0) is 76.5 Å². The lowest BCUT2D eigenvalue weighted by Crippen LogP contribution is -2.62. The number of hydrogen-bond donors (Lipinski definition) is 6. The molecule has 2 heterocycles. The maximum absolute atomic E-state index is 14.4. The average molecular weight is 761 g/mol. The van der Waals surface area contributed by atoms with Gasteiger partial charge in [-0.15, -0.1) is 0 Å². The van der Waals surface area contributed by atoms with Crippen molar-refractivity contribution < 1.29 is 43.8 Å². The molecule has 2 saturated heterocycles. The van der Waals surface area contributed by atoms with Crippen molar-refractivity contribution in [1.29, 1.82) is 0 Å². The van der Waals surface area contributed by atoms with E-state index in [-0.39, 0.29) is 30.7 Å². The number of carbonyl (C=O) groups excluding carboxylic acids is 6. The van der Waals surface area contributed by atoms with Crippen LogP contribution in [0.3, 0.4) is 0 Å². The van der Waals surface area contributed by atoms with E-state index in [0.29, 0.717) is 57.5 Å². The molecule has 2 aliphatic carbocycles. The Kier molecular flexibility index (Phi) is 17.0. The first-order valence-electron chi connectivity index (χ1n) is 20.6. The van der Waals surface area contributed by atoms with E-state index < -0.39 is 72.3 Å². The minimum absolute atomic E-state index is 0.0544. The fourth-order valence-electron chi connectivity index (χ4n) is 8.71. The van der Waals surface area contributed by atoms with Gasteiger partial charge in [0, 0.05) is 26.1 Å².